The second-order valence-corrected chi connectivity index (χ2v) is 9.48. The van der Waals surface area contributed by atoms with Crippen molar-refractivity contribution in [1.82, 2.24) is 9.80 Å². The summed E-state index contributed by atoms with van der Waals surface area (Å²) in [6.45, 7) is 8.09. The minimum atomic E-state index is -0.355. The molecule has 0 saturated carbocycles. The molecular weight excluding hydrogens is 348 g/mol. The van der Waals surface area contributed by atoms with Gasteiger partial charge >= 0.3 is 0 Å². The molecule has 1 spiro atoms. The summed E-state index contributed by atoms with van der Waals surface area (Å²) >= 11 is 1.87. The van der Waals surface area contributed by atoms with Gasteiger partial charge in [-0.15, -0.1) is 11.8 Å². The second kappa shape index (κ2) is 7.14. The van der Waals surface area contributed by atoms with Crippen LogP contribution < -0.4 is 4.74 Å². The Kier molecular flexibility index (Phi) is 5.24. The first kappa shape index (κ1) is 19.1. The zero-order valence-corrected chi connectivity index (χ0v) is 16.9. The third-order valence-corrected chi connectivity index (χ3v) is 6.79. The molecule has 0 aromatic heterocycles. The summed E-state index contributed by atoms with van der Waals surface area (Å²) in [5, 5.41) is 0. The number of thioether (sulfide) groups is 1. The van der Waals surface area contributed by atoms with E-state index >= 15 is 0 Å². The molecule has 1 aromatic rings. The fourth-order valence-corrected chi connectivity index (χ4v) is 5.19. The fourth-order valence-electron chi connectivity index (χ4n) is 3.73. The van der Waals surface area contributed by atoms with Crippen LogP contribution in [0.3, 0.4) is 0 Å². The van der Waals surface area contributed by atoms with Gasteiger partial charge in [-0.1, -0.05) is 20.8 Å². The van der Waals surface area contributed by atoms with E-state index in [2.05, 4.69) is 0 Å². The van der Waals surface area contributed by atoms with Crippen molar-refractivity contribution in [3.8, 4) is 5.75 Å². The Balaban J connectivity index is 1.72. The number of carbonyl (C=O) groups excluding carboxylic acids is 2. The summed E-state index contributed by atoms with van der Waals surface area (Å²) in [5.41, 5.74) is 0.340. The van der Waals surface area contributed by atoms with Crippen LogP contribution in [0, 0.1) is 5.41 Å². The van der Waals surface area contributed by atoms with E-state index in [1.165, 1.54) is 0 Å². The first-order chi connectivity index (χ1) is 12.3. The van der Waals surface area contributed by atoms with Crippen molar-refractivity contribution in [2.45, 2.75) is 38.5 Å². The highest BCUT2D eigenvalue weighted by atomic mass is 32.2. The maximum Gasteiger partial charge on any atom is 0.255 e. The molecule has 2 aliphatic rings. The number of hydrogen-bond acceptors (Lipinski definition) is 4. The molecule has 6 heteroatoms. The van der Waals surface area contributed by atoms with Crippen molar-refractivity contribution >= 4 is 23.6 Å². The molecule has 0 unspecified atom stereocenters. The Hall–Kier alpha value is -1.69. The number of amides is 2. The molecule has 2 heterocycles. The van der Waals surface area contributed by atoms with Gasteiger partial charge in [0.2, 0.25) is 5.91 Å². The van der Waals surface area contributed by atoms with Crippen LogP contribution in [0.25, 0.3) is 0 Å². The van der Waals surface area contributed by atoms with E-state index in [1.807, 2.05) is 66.6 Å². The van der Waals surface area contributed by atoms with Crippen LogP contribution >= 0.6 is 11.8 Å². The van der Waals surface area contributed by atoms with Gasteiger partial charge in [0.25, 0.3) is 5.91 Å². The molecule has 2 saturated heterocycles. The van der Waals surface area contributed by atoms with Crippen LogP contribution in [0.1, 0.15) is 44.0 Å². The molecular formula is C20H28N2O3S. The van der Waals surface area contributed by atoms with Crippen LogP contribution in [0.4, 0.5) is 0 Å². The minimum absolute atomic E-state index is 0.0771. The maximum atomic E-state index is 13.1. The van der Waals surface area contributed by atoms with Gasteiger partial charge in [-0.2, -0.15) is 0 Å². The van der Waals surface area contributed by atoms with Gasteiger partial charge in [-0.25, -0.2) is 0 Å². The highest BCUT2D eigenvalue weighted by Crippen LogP contribution is 2.45. The van der Waals surface area contributed by atoms with Gasteiger partial charge in [-0.05, 0) is 37.1 Å². The highest BCUT2D eigenvalue weighted by molar-refractivity contribution is 8.00. The van der Waals surface area contributed by atoms with Crippen LogP contribution in [-0.4, -0.2) is 59.0 Å². The van der Waals surface area contributed by atoms with Crippen LogP contribution in [0.2, 0.25) is 0 Å². The molecule has 5 nitrogen and oxygen atoms in total. The Morgan fingerprint density at radius 1 is 1.08 bits per heavy atom. The standard InChI is InChI=1S/C20H28N2O3S/c1-19(2,3)18(24)21-11-9-20(10-12-21)22(13-14-26-20)17(23)15-5-7-16(25-4)8-6-15/h5-8H,9-14H2,1-4H3. The van der Waals surface area contributed by atoms with Gasteiger partial charge in [0.05, 0.1) is 12.0 Å². The molecule has 26 heavy (non-hydrogen) atoms. The normalized spacial score (nSPS) is 19.7. The average molecular weight is 377 g/mol. The summed E-state index contributed by atoms with van der Waals surface area (Å²) in [6, 6.07) is 7.31. The molecule has 3 rings (SSSR count). The average Bonchev–Trinajstić information content (AvgIpc) is 3.03. The smallest absolute Gasteiger partial charge is 0.255 e. The fraction of sp³-hybridized carbons (Fsp3) is 0.600. The van der Waals surface area contributed by atoms with Gasteiger partial charge in [0.15, 0.2) is 0 Å². The van der Waals surface area contributed by atoms with E-state index < -0.39 is 0 Å². The zero-order chi connectivity index (χ0) is 18.9. The monoisotopic (exact) mass is 376 g/mol. The molecule has 0 bridgehead atoms. The predicted molar refractivity (Wildman–Crippen MR) is 104 cm³/mol. The van der Waals surface area contributed by atoms with E-state index in [0.29, 0.717) is 5.56 Å². The van der Waals surface area contributed by atoms with E-state index in [9.17, 15) is 9.59 Å². The van der Waals surface area contributed by atoms with E-state index in [1.54, 1.807) is 7.11 Å². The zero-order valence-electron chi connectivity index (χ0n) is 16.1. The van der Waals surface area contributed by atoms with E-state index in [0.717, 1.165) is 44.0 Å². The van der Waals surface area contributed by atoms with Crippen molar-refractivity contribution in [3.63, 3.8) is 0 Å². The highest BCUT2D eigenvalue weighted by Gasteiger charge is 2.47. The molecule has 0 aliphatic carbocycles. The van der Waals surface area contributed by atoms with Gasteiger partial charge in [0.1, 0.15) is 5.75 Å². The number of rotatable bonds is 2. The lowest BCUT2D eigenvalue weighted by Gasteiger charge is -2.45. The lowest BCUT2D eigenvalue weighted by Crippen LogP contribution is -2.55. The van der Waals surface area contributed by atoms with Crippen LogP contribution in [0.5, 0.6) is 5.75 Å². The number of benzene rings is 1. The third kappa shape index (κ3) is 3.56. The largest absolute Gasteiger partial charge is 0.497 e. The summed E-state index contributed by atoms with van der Waals surface area (Å²) in [6.07, 6.45) is 1.67. The van der Waals surface area contributed by atoms with Crippen molar-refractivity contribution in [3.05, 3.63) is 29.8 Å². The Bertz CT molecular complexity index is 673. The number of likely N-dealkylation sites (tertiary alicyclic amines) is 1. The molecule has 0 N–H and O–H groups in total. The number of ether oxygens (including phenoxy) is 1. The Labute approximate surface area is 160 Å². The molecule has 2 amide bonds. The van der Waals surface area contributed by atoms with Gasteiger partial charge in [0, 0.05) is 36.4 Å². The van der Waals surface area contributed by atoms with E-state index in [-0.39, 0.29) is 22.1 Å². The molecule has 0 radical (unpaired) electrons. The summed E-state index contributed by atoms with van der Waals surface area (Å²) in [4.78, 5) is 29.4. The number of methoxy groups -OCH3 is 1. The Morgan fingerprint density at radius 3 is 2.23 bits per heavy atom. The number of piperidine rings is 1. The van der Waals surface area contributed by atoms with Crippen LogP contribution in [-0.2, 0) is 4.79 Å². The lowest BCUT2D eigenvalue weighted by atomic mass is 9.92. The number of hydrogen-bond donors (Lipinski definition) is 0. The van der Waals surface area contributed by atoms with Gasteiger partial charge in [-0.3, -0.25) is 9.59 Å². The molecule has 2 aliphatic heterocycles. The lowest BCUT2D eigenvalue weighted by molar-refractivity contribution is -0.141. The SMILES string of the molecule is COc1ccc(C(=O)N2CCSC23CCN(C(=O)C(C)(C)C)CC3)cc1. The first-order valence-corrected chi connectivity index (χ1v) is 10.1. The summed E-state index contributed by atoms with van der Waals surface area (Å²) < 4.78 is 5.18. The van der Waals surface area contributed by atoms with Crippen molar-refractivity contribution in [1.29, 1.82) is 0 Å². The number of nitrogens with zero attached hydrogens (tertiary/aromatic N) is 2. The van der Waals surface area contributed by atoms with Crippen LogP contribution in [0.15, 0.2) is 24.3 Å². The molecule has 2 fully saturated rings. The van der Waals surface area contributed by atoms with Crippen molar-refractivity contribution in [2.24, 2.45) is 5.41 Å². The third-order valence-electron chi connectivity index (χ3n) is 5.23. The molecule has 142 valence electrons. The topological polar surface area (TPSA) is 49.9 Å². The maximum absolute atomic E-state index is 13.1. The van der Waals surface area contributed by atoms with Crippen molar-refractivity contribution < 1.29 is 14.3 Å². The van der Waals surface area contributed by atoms with Gasteiger partial charge < -0.3 is 14.5 Å². The predicted octanol–water partition coefficient (Wildman–Crippen LogP) is 3.25. The Morgan fingerprint density at radius 2 is 1.69 bits per heavy atom. The molecule has 0 atom stereocenters. The molecule has 1 aromatic carbocycles. The quantitative estimate of drug-likeness (QED) is 0.795. The second-order valence-electron chi connectivity index (χ2n) is 8.02. The summed E-state index contributed by atoms with van der Waals surface area (Å²) in [5.74, 6) is 1.98. The van der Waals surface area contributed by atoms with Crippen molar-refractivity contribution in [2.75, 3.05) is 32.5 Å². The summed E-state index contributed by atoms with van der Waals surface area (Å²) in [7, 11) is 1.62. The number of carbonyl (C=O) groups is 2. The van der Waals surface area contributed by atoms with E-state index in [4.69, 9.17) is 4.74 Å². The first-order valence-electron chi connectivity index (χ1n) is 9.16. The minimum Gasteiger partial charge on any atom is -0.497 e.